The van der Waals surface area contributed by atoms with Crippen LogP contribution in [0.3, 0.4) is 0 Å². The summed E-state index contributed by atoms with van der Waals surface area (Å²) in [7, 11) is 0. The number of aromatic amines is 1. The van der Waals surface area contributed by atoms with Crippen LogP contribution in [0.5, 0.6) is 0 Å². The second-order valence-electron chi connectivity index (χ2n) is 8.52. The lowest BCUT2D eigenvalue weighted by Gasteiger charge is -2.22. The number of hydrogen-bond acceptors (Lipinski definition) is 6. The molecule has 3 aromatic heterocycles. The van der Waals surface area contributed by atoms with Gasteiger partial charge in [0.1, 0.15) is 16.4 Å². The molecule has 0 aliphatic heterocycles. The van der Waals surface area contributed by atoms with Crippen LogP contribution in [0.2, 0.25) is 0 Å². The number of thiophene rings is 1. The van der Waals surface area contributed by atoms with E-state index in [1.807, 2.05) is 47.4 Å². The summed E-state index contributed by atoms with van der Waals surface area (Å²) < 4.78 is 5.47. The third-order valence-corrected chi connectivity index (χ3v) is 8.22. The van der Waals surface area contributed by atoms with Crippen LogP contribution in [-0.4, -0.2) is 26.5 Å². The molecule has 0 unspecified atom stereocenters. The van der Waals surface area contributed by atoms with Crippen LogP contribution in [0.1, 0.15) is 46.9 Å². The predicted molar refractivity (Wildman–Crippen MR) is 137 cm³/mol. The van der Waals surface area contributed by atoms with Crippen LogP contribution in [0, 0.1) is 0 Å². The molecule has 1 amide bonds. The molecule has 0 saturated heterocycles. The number of amides is 1. The van der Waals surface area contributed by atoms with E-state index in [9.17, 15) is 9.59 Å². The van der Waals surface area contributed by atoms with Crippen LogP contribution < -0.4 is 5.56 Å². The average molecular weight is 494 g/mol. The smallest absolute Gasteiger partial charge is 0.259 e. The molecule has 5 rings (SSSR count). The number of aryl methyl sites for hydroxylation is 2. The van der Waals surface area contributed by atoms with E-state index in [2.05, 4.69) is 4.98 Å². The number of furan rings is 1. The van der Waals surface area contributed by atoms with Gasteiger partial charge >= 0.3 is 0 Å². The molecule has 1 aliphatic rings. The van der Waals surface area contributed by atoms with Crippen LogP contribution in [-0.2, 0) is 36.5 Å². The number of hydrogen-bond donors (Lipinski definition) is 1. The lowest BCUT2D eigenvalue weighted by atomic mass is 9.97. The maximum absolute atomic E-state index is 13.0. The molecule has 0 atom stereocenters. The van der Waals surface area contributed by atoms with E-state index in [0.717, 1.165) is 40.8 Å². The SMILES string of the molecule is O=C(CCSCc1nc2sc3c(c2c(=O)[nH]1)CCCC3)N(Cc1ccccc1)Cc1ccco1. The normalized spacial score (nSPS) is 13.2. The Labute approximate surface area is 206 Å². The number of carbonyl (C=O) groups is 1. The highest BCUT2D eigenvalue weighted by atomic mass is 32.2. The summed E-state index contributed by atoms with van der Waals surface area (Å²) in [5, 5.41) is 0.790. The molecule has 0 saturated carbocycles. The number of nitrogens with zero attached hydrogens (tertiary/aromatic N) is 2. The fourth-order valence-electron chi connectivity index (χ4n) is 4.39. The summed E-state index contributed by atoms with van der Waals surface area (Å²) in [4.78, 5) is 37.5. The summed E-state index contributed by atoms with van der Waals surface area (Å²) in [6.07, 6.45) is 6.41. The lowest BCUT2D eigenvalue weighted by Crippen LogP contribution is -2.30. The monoisotopic (exact) mass is 493 g/mol. The van der Waals surface area contributed by atoms with E-state index in [1.165, 1.54) is 16.9 Å². The first-order chi connectivity index (χ1) is 16.7. The molecular formula is C26H27N3O3S2. The Bertz CT molecular complexity index is 1310. The maximum atomic E-state index is 13.0. The van der Waals surface area contributed by atoms with Gasteiger partial charge < -0.3 is 14.3 Å². The van der Waals surface area contributed by atoms with Gasteiger partial charge in [-0.05, 0) is 48.9 Å². The van der Waals surface area contributed by atoms with Crippen molar-refractivity contribution in [3.8, 4) is 0 Å². The molecule has 0 bridgehead atoms. The predicted octanol–water partition coefficient (Wildman–Crippen LogP) is 5.31. The second kappa shape index (κ2) is 10.6. The number of rotatable bonds is 9. The van der Waals surface area contributed by atoms with Crippen molar-refractivity contribution in [2.45, 2.75) is 50.9 Å². The van der Waals surface area contributed by atoms with Crippen molar-refractivity contribution in [3.63, 3.8) is 0 Å². The number of thioether (sulfide) groups is 1. The number of fused-ring (bicyclic) bond motifs is 3. The second-order valence-corrected chi connectivity index (χ2v) is 10.7. The van der Waals surface area contributed by atoms with E-state index >= 15 is 0 Å². The largest absolute Gasteiger partial charge is 0.467 e. The molecule has 8 heteroatoms. The van der Waals surface area contributed by atoms with Crippen molar-refractivity contribution in [1.29, 1.82) is 0 Å². The first kappa shape index (κ1) is 22.9. The van der Waals surface area contributed by atoms with E-state index in [4.69, 9.17) is 9.40 Å². The van der Waals surface area contributed by atoms with Gasteiger partial charge in [0.05, 0.1) is 23.9 Å². The third-order valence-electron chi connectivity index (χ3n) is 6.07. The van der Waals surface area contributed by atoms with E-state index < -0.39 is 0 Å². The molecule has 6 nitrogen and oxygen atoms in total. The van der Waals surface area contributed by atoms with Crippen molar-refractivity contribution in [3.05, 3.63) is 86.7 Å². The van der Waals surface area contributed by atoms with Crippen molar-refractivity contribution in [2.75, 3.05) is 5.75 Å². The van der Waals surface area contributed by atoms with Crippen LogP contribution in [0.4, 0.5) is 0 Å². The average Bonchev–Trinajstić information content (AvgIpc) is 3.49. The number of aromatic nitrogens is 2. The highest BCUT2D eigenvalue weighted by Gasteiger charge is 2.20. The van der Waals surface area contributed by atoms with Crippen molar-refractivity contribution < 1.29 is 9.21 Å². The fourth-order valence-corrected chi connectivity index (χ4v) is 6.46. The van der Waals surface area contributed by atoms with Gasteiger partial charge in [0.15, 0.2) is 0 Å². The maximum Gasteiger partial charge on any atom is 0.259 e. The zero-order valence-electron chi connectivity index (χ0n) is 18.9. The highest BCUT2D eigenvalue weighted by Crippen LogP contribution is 2.33. The molecular weight excluding hydrogens is 466 g/mol. The topological polar surface area (TPSA) is 79.2 Å². The number of nitrogens with one attached hydrogen (secondary N) is 1. The molecule has 0 radical (unpaired) electrons. The Balaban J connectivity index is 1.19. The lowest BCUT2D eigenvalue weighted by molar-refractivity contribution is -0.132. The van der Waals surface area contributed by atoms with Crippen LogP contribution >= 0.6 is 23.1 Å². The Morgan fingerprint density at radius 2 is 1.97 bits per heavy atom. The fraction of sp³-hybridized carbons (Fsp3) is 0.346. The zero-order valence-corrected chi connectivity index (χ0v) is 20.6. The molecule has 176 valence electrons. The quantitative estimate of drug-likeness (QED) is 0.320. The zero-order chi connectivity index (χ0) is 23.3. The summed E-state index contributed by atoms with van der Waals surface area (Å²) >= 11 is 3.29. The van der Waals surface area contributed by atoms with E-state index in [-0.39, 0.29) is 11.5 Å². The van der Waals surface area contributed by atoms with Gasteiger partial charge in [0, 0.05) is 23.6 Å². The summed E-state index contributed by atoms with van der Waals surface area (Å²) in [5.74, 6) is 2.77. The Kier molecular flexibility index (Phi) is 7.16. The van der Waals surface area contributed by atoms with Gasteiger partial charge in [-0.3, -0.25) is 9.59 Å². The van der Waals surface area contributed by atoms with E-state index in [1.54, 1.807) is 29.4 Å². The number of H-pyrrole nitrogens is 1. The van der Waals surface area contributed by atoms with Gasteiger partial charge in [-0.2, -0.15) is 11.8 Å². The van der Waals surface area contributed by atoms with Gasteiger partial charge in [-0.1, -0.05) is 30.3 Å². The van der Waals surface area contributed by atoms with Gasteiger partial charge in [0.2, 0.25) is 5.91 Å². The summed E-state index contributed by atoms with van der Waals surface area (Å²) in [5.41, 5.74) is 2.27. The number of benzene rings is 1. The molecule has 0 spiro atoms. The van der Waals surface area contributed by atoms with Gasteiger partial charge in [0.25, 0.3) is 5.56 Å². The highest BCUT2D eigenvalue weighted by molar-refractivity contribution is 7.98. The molecule has 3 heterocycles. The Morgan fingerprint density at radius 1 is 1.12 bits per heavy atom. The van der Waals surface area contributed by atoms with Crippen LogP contribution in [0.15, 0.2) is 57.9 Å². The minimum atomic E-state index is -0.0245. The number of carbonyl (C=O) groups excluding carboxylic acids is 1. The molecule has 4 aromatic rings. The Hall–Kier alpha value is -2.84. The minimum absolute atomic E-state index is 0.0245. The first-order valence-electron chi connectivity index (χ1n) is 11.6. The minimum Gasteiger partial charge on any atom is -0.467 e. The Morgan fingerprint density at radius 3 is 2.79 bits per heavy atom. The molecule has 1 aromatic carbocycles. The van der Waals surface area contributed by atoms with Crippen LogP contribution in [0.25, 0.3) is 10.2 Å². The van der Waals surface area contributed by atoms with Gasteiger partial charge in [-0.25, -0.2) is 4.98 Å². The summed E-state index contributed by atoms with van der Waals surface area (Å²) in [6, 6.07) is 13.7. The molecule has 34 heavy (non-hydrogen) atoms. The molecule has 1 N–H and O–H groups in total. The van der Waals surface area contributed by atoms with Crippen molar-refractivity contribution in [2.24, 2.45) is 0 Å². The molecule has 1 aliphatic carbocycles. The van der Waals surface area contributed by atoms with Crippen molar-refractivity contribution in [1.82, 2.24) is 14.9 Å². The standard InChI is InChI=1S/C26H27N3O3S2/c30-23(29(16-19-9-6-13-32-19)15-18-7-2-1-3-8-18)12-14-33-17-22-27-25(31)24-20-10-4-5-11-21(20)34-26(24)28-22/h1-3,6-9,13H,4-5,10-12,14-17H2,(H,27,28,31). The summed E-state index contributed by atoms with van der Waals surface area (Å²) in [6.45, 7) is 0.986. The van der Waals surface area contributed by atoms with Gasteiger partial charge in [-0.15, -0.1) is 11.3 Å². The molecule has 0 fully saturated rings. The van der Waals surface area contributed by atoms with E-state index in [0.29, 0.717) is 36.8 Å². The third kappa shape index (κ3) is 5.28. The van der Waals surface area contributed by atoms with Crippen molar-refractivity contribution >= 4 is 39.2 Å². The first-order valence-corrected chi connectivity index (χ1v) is 13.6.